The first-order valence-corrected chi connectivity index (χ1v) is 9.55. The third-order valence-corrected chi connectivity index (χ3v) is 6.13. The number of carbonyl (C=O) groups is 2. The molecular formula is C22H26ClNO3. The first-order chi connectivity index (χ1) is 12.4. The van der Waals surface area contributed by atoms with Crippen molar-refractivity contribution in [3.8, 4) is 0 Å². The van der Waals surface area contributed by atoms with E-state index in [9.17, 15) is 9.59 Å². The van der Waals surface area contributed by atoms with Crippen LogP contribution in [-0.2, 0) is 14.3 Å². The van der Waals surface area contributed by atoms with Crippen molar-refractivity contribution < 1.29 is 14.3 Å². The lowest BCUT2D eigenvalue weighted by Gasteiger charge is -2.49. The lowest BCUT2D eigenvalue weighted by atomic mass is 9.58. The van der Waals surface area contributed by atoms with Crippen LogP contribution in [0.4, 0.5) is 0 Å². The molecule has 1 aliphatic carbocycles. The van der Waals surface area contributed by atoms with Gasteiger partial charge in [0.2, 0.25) is 0 Å². The number of nitrogens with zero attached hydrogens (tertiary/aromatic N) is 1. The van der Waals surface area contributed by atoms with Crippen LogP contribution < -0.4 is 0 Å². The Morgan fingerprint density at radius 2 is 1.63 bits per heavy atom. The lowest BCUT2D eigenvalue weighted by molar-refractivity contribution is -0.193. The molecule has 3 rings (SSSR count). The summed E-state index contributed by atoms with van der Waals surface area (Å²) in [7, 11) is 0. The number of Topliss-reactive ketones (excluding diaryl/α,β-unsaturated/α-hetero) is 2. The largest absolute Gasteiger partial charge is 0.354 e. The molecule has 0 radical (unpaired) electrons. The zero-order valence-electron chi connectivity index (χ0n) is 16.7. The molecule has 1 aromatic heterocycles. The van der Waals surface area contributed by atoms with Crippen LogP contribution in [0, 0.1) is 11.3 Å². The minimum Gasteiger partial charge on any atom is -0.354 e. The van der Waals surface area contributed by atoms with Crippen molar-refractivity contribution in [2.24, 2.45) is 11.3 Å². The van der Waals surface area contributed by atoms with E-state index in [0.717, 1.165) is 16.8 Å². The summed E-state index contributed by atoms with van der Waals surface area (Å²) < 4.78 is 5.85. The molecule has 2 aliphatic rings. The van der Waals surface area contributed by atoms with Gasteiger partial charge in [-0.1, -0.05) is 36.2 Å². The molecule has 1 unspecified atom stereocenters. The van der Waals surface area contributed by atoms with Gasteiger partial charge in [-0.2, -0.15) is 0 Å². The van der Waals surface area contributed by atoms with Crippen LogP contribution in [-0.4, -0.2) is 27.8 Å². The monoisotopic (exact) mass is 387 g/mol. The summed E-state index contributed by atoms with van der Waals surface area (Å²) in [5.41, 5.74) is 0.164. The maximum atomic E-state index is 13.3. The zero-order chi connectivity index (χ0) is 20.2. The van der Waals surface area contributed by atoms with E-state index in [-0.39, 0.29) is 11.6 Å². The van der Waals surface area contributed by atoms with Crippen LogP contribution in [0.1, 0.15) is 53.7 Å². The quantitative estimate of drug-likeness (QED) is 0.683. The molecule has 1 aromatic rings. The Balaban J connectivity index is 2.05. The first-order valence-electron chi connectivity index (χ1n) is 9.17. The summed E-state index contributed by atoms with van der Waals surface area (Å²) >= 11 is 5.96. The summed E-state index contributed by atoms with van der Waals surface area (Å²) in [6.07, 6.45) is 6.17. The minimum atomic E-state index is -1.01. The third-order valence-electron chi connectivity index (χ3n) is 5.91. The number of hydrogen-bond donors (Lipinski definition) is 0. The van der Waals surface area contributed by atoms with Crippen molar-refractivity contribution in [3.63, 3.8) is 0 Å². The molecule has 4 nitrogen and oxygen atoms in total. The number of hydrogen-bond acceptors (Lipinski definition) is 4. The predicted molar refractivity (Wildman–Crippen MR) is 106 cm³/mol. The smallest absolute Gasteiger partial charge is 0.175 e. The molecule has 5 heteroatoms. The van der Waals surface area contributed by atoms with Crippen molar-refractivity contribution >= 4 is 28.7 Å². The van der Waals surface area contributed by atoms with E-state index in [0.29, 0.717) is 11.4 Å². The average molecular weight is 388 g/mol. The van der Waals surface area contributed by atoms with E-state index in [2.05, 4.69) is 4.98 Å². The highest BCUT2D eigenvalue weighted by Crippen LogP contribution is 2.51. The second kappa shape index (κ2) is 6.39. The number of ether oxygens (including phenoxy) is 1. The van der Waals surface area contributed by atoms with Crippen molar-refractivity contribution in [3.05, 3.63) is 46.8 Å². The van der Waals surface area contributed by atoms with E-state index < -0.39 is 22.5 Å². The zero-order valence-corrected chi connectivity index (χ0v) is 17.5. The Morgan fingerprint density at radius 1 is 1.04 bits per heavy atom. The molecule has 0 saturated carbocycles. The first kappa shape index (κ1) is 20.0. The number of carbonyl (C=O) groups excluding carboxylic acids is 2. The summed E-state index contributed by atoms with van der Waals surface area (Å²) in [6.45, 7) is 11.0. The highest BCUT2D eigenvalue weighted by molar-refractivity contribution is 6.30. The molecule has 1 saturated heterocycles. The second-order valence-electron chi connectivity index (χ2n) is 8.78. The molecule has 1 aliphatic heterocycles. The molecule has 0 N–H and O–H groups in total. The topological polar surface area (TPSA) is 56.3 Å². The van der Waals surface area contributed by atoms with Gasteiger partial charge in [-0.25, -0.2) is 0 Å². The Morgan fingerprint density at radius 3 is 2.15 bits per heavy atom. The van der Waals surface area contributed by atoms with Gasteiger partial charge in [-0.05, 0) is 58.7 Å². The van der Waals surface area contributed by atoms with Gasteiger partial charge < -0.3 is 4.74 Å². The summed E-state index contributed by atoms with van der Waals surface area (Å²) in [5.74, 6) is -1.08. The van der Waals surface area contributed by atoms with Gasteiger partial charge in [0, 0.05) is 11.6 Å². The maximum Gasteiger partial charge on any atom is 0.175 e. The van der Waals surface area contributed by atoms with Crippen molar-refractivity contribution in [1.82, 2.24) is 4.98 Å². The molecule has 144 valence electrons. The Kier molecular flexibility index (Phi) is 4.72. The normalized spacial score (nSPS) is 28.0. The molecule has 0 amide bonds. The summed E-state index contributed by atoms with van der Waals surface area (Å²) in [6, 6.07) is 3.66. The van der Waals surface area contributed by atoms with Crippen LogP contribution in [0.2, 0.25) is 5.02 Å². The van der Waals surface area contributed by atoms with Crippen LogP contribution >= 0.6 is 11.6 Å². The summed E-state index contributed by atoms with van der Waals surface area (Å²) in [5, 5.41) is 0.572. The van der Waals surface area contributed by atoms with Crippen LogP contribution in [0.15, 0.2) is 36.1 Å². The molecule has 1 atom stereocenters. The molecule has 0 bridgehead atoms. The highest BCUT2D eigenvalue weighted by atomic mass is 35.5. The molecule has 1 fully saturated rings. The van der Waals surface area contributed by atoms with Gasteiger partial charge in [0.15, 0.2) is 11.6 Å². The van der Waals surface area contributed by atoms with Crippen molar-refractivity contribution in [2.45, 2.75) is 59.2 Å². The molecular weight excluding hydrogens is 362 g/mol. The summed E-state index contributed by atoms with van der Waals surface area (Å²) in [4.78, 5) is 30.9. The van der Waals surface area contributed by atoms with Gasteiger partial charge in [0.25, 0.3) is 0 Å². The maximum absolute atomic E-state index is 13.3. The SMILES string of the molecule is CC1=CC=C(c2ccc(Cl)cn2)CC1(C)C1C(=O)C(C)(C)OC(C)(C)C1=O. The van der Waals surface area contributed by atoms with Crippen LogP contribution in [0.5, 0.6) is 0 Å². The lowest BCUT2D eigenvalue weighted by Crippen LogP contribution is -2.62. The molecule has 0 aromatic carbocycles. The van der Waals surface area contributed by atoms with E-state index in [4.69, 9.17) is 16.3 Å². The van der Waals surface area contributed by atoms with Gasteiger partial charge in [0.1, 0.15) is 11.2 Å². The van der Waals surface area contributed by atoms with E-state index >= 15 is 0 Å². The Hall–Kier alpha value is -1.78. The number of allylic oxidation sites excluding steroid dienone is 4. The fourth-order valence-corrected chi connectivity index (χ4v) is 4.32. The van der Waals surface area contributed by atoms with Crippen molar-refractivity contribution in [2.75, 3.05) is 0 Å². The van der Waals surface area contributed by atoms with Gasteiger partial charge in [0.05, 0.1) is 16.6 Å². The van der Waals surface area contributed by atoms with Crippen molar-refractivity contribution in [1.29, 1.82) is 0 Å². The molecule has 27 heavy (non-hydrogen) atoms. The van der Waals surface area contributed by atoms with Crippen LogP contribution in [0.3, 0.4) is 0 Å². The molecule has 0 spiro atoms. The number of ketones is 2. The minimum absolute atomic E-state index is 0.160. The molecule has 2 heterocycles. The standard InChI is InChI=1S/C22H26ClNO3/c1-13-7-8-14(16-10-9-15(23)12-24-16)11-22(13,6)17-18(25)20(2,3)27-21(4,5)19(17)26/h7-10,12,17H,11H2,1-6H3. The second-order valence-corrected chi connectivity index (χ2v) is 9.22. The van der Waals surface area contributed by atoms with Crippen LogP contribution in [0.25, 0.3) is 5.57 Å². The number of rotatable bonds is 2. The fraction of sp³-hybridized carbons (Fsp3) is 0.500. The average Bonchev–Trinajstić information content (AvgIpc) is 2.56. The third kappa shape index (κ3) is 3.30. The highest BCUT2D eigenvalue weighted by Gasteiger charge is 2.59. The fourth-order valence-electron chi connectivity index (χ4n) is 4.21. The number of halogens is 1. The van der Waals surface area contributed by atoms with E-state index in [1.54, 1.807) is 40.0 Å². The Bertz CT molecular complexity index is 838. The van der Waals surface area contributed by atoms with Gasteiger partial charge in [-0.3, -0.25) is 14.6 Å². The Labute approximate surface area is 165 Å². The number of pyridine rings is 1. The van der Waals surface area contributed by atoms with Gasteiger partial charge >= 0.3 is 0 Å². The predicted octanol–water partition coefficient (Wildman–Crippen LogP) is 4.82. The van der Waals surface area contributed by atoms with Gasteiger partial charge in [-0.15, -0.1) is 0 Å². The van der Waals surface area contributed by atoms with E-state index in [1.165, 1.54) is 0 Å². The number of aromatic nitrogens is 1. The van der Waals surface area contributed by atoms with E-state index in [1.807, 2.05) is 32.1 Å².